The Morgan fingerprint density at radius 2 is 1.63 bits per heavy atom. The Balaban J connectivity index is 1.83. The zero-order valence-corrected chi connectivity index (χ0v) is 16.0. The molecule has 2 aromatic carbocycles. The van der Waals surface area contributed by atoms with Crippen LogP contribution in [-0.2, 0) is 11.3 Å². The van der Waals surface area contributed by atoms with E-state index < -0.39 is 5.97 Å². The summed E-state index contributed by atoms with van der Waals surface area (Å²) >= 11 is 0. The molecule has 0 saturated heterocycles. The lowest BCUT2D eigenvalue weighted by atomic mass is 9.87. The lowest BCUT2D eigenvalue weighted by molar-refractivity contribution is 0.0515. The molecule has 3 rings (SSSR count). The first-order valence-corrected chi connectivity index (χ1v) is 8.76. The van der Waals surface area contributed by atoms with Crippen LogP contribution in [-0.4, -0.2) is 33.0 Å². The topological polar surface area (TPSA) is 66.4 Å². The molecule has 6 nitrogen and oxygen atoms in total. The van der Waals surface area contributed by atoms with E-state index in [2.05, 4.69) is 5.16 Å². The van der Waals surface area contributed by atoms with Crippen LogP contribution in [0.15, 0.2) is 35.5 Å². The number of rotatable bonds is 5. The average Bonchev–Trinajstić information content (AvgIpc) is 2.71. The van der Waals surface area contributed by atoms with Crippen molar-refractivity contribution in [1.82, 2.24) is 0 Å². The van der Waals surface area contributed by atoms with Crippen molar-refractivity contribution in [3.63, 3.8) is 0 Å². The number of oxime groups is 1. The molecular weight excluding hydrogens is 346 g/mol. The van der Waals surface area contributed by atoms with Crippen LogP contribution in [0.5, 0.6) is 17.2 Å². The summed E-state index contributed by atoms with van der Waals surface area (Å²) in [5.41, 5.74) is 4.43. The fourth-order valence-corrected chi connectivity index (χ4v) is 3.32. The molecule has 6 heteroatoms. The Kier molecular flexibility index (Phi) is 5.64. The highest BCUT2D eigenvalue weighted by atomic mass is 16.7. The van der Waals surface area contributed by atoms with Gasteiger partial charge in [0.15, 0.2) is 11.5 Å². The summed E-state index contributed by atoms with van der Waals surface area (Å²) < 4.78 is 15.8. The standard InChI is InChI=1S/C21H23NO5/c1-13-15-6-5-7-17(16(15)9-11-18(13)24-2)22-27-21(23)14-8-10-19(25-3)20(12-14)26-4/h8-12H,5-7H2,1-4H3. The number of methoxy groups -OCH3 is 3. The normalized spacial score (nSPS) is 14.4. The number of fused-ring (bicyclic) bond motifs is 1. The largest absolute Gasteiger partial charge is 0.496 e. The quantitative estimate of drug-likeness (QED) is 0.590. The molecular formula is C21H23NO5. The first-order chi connectivity index (χ1) is 13.1. The Hall–Kier alpha value is -3.02. The van der Waals surface area contributed by atoms with Gasteiger partial charge >= 0.3 is 5.97 Å². The van der Waals surface area contributed by atoms with Gasteiger partial charge in [0.05, 0.1) is 32.6 Å². The van der Waals surface area contributed by atoms with Gasteiger partial charge in [0, 0.05) is 5.56 Å². The highest BCUT2D eigenvalue weighted by Gasteiger charge is 2.21. The van der Waals surface area contributed by atoms with Gasteiger partial charge in [-0.25, -0.2) is 4.79 Å². The second-order valence-electron chi connectivity index (χ2n) is 6.26. The maximum atomic E-state index is 12.4. The smallest absolute Gasteiger partial charge is 0.365 e. The molecule has 0 spiro atoms. The van der Waals surface area contributed by atoms with Crippen LogP contribution in [0.3, 0.4) is 0 Å². The van der Waals surface area contributed by atoms with Crippen LogP contribution in [0.4, 0.5) is 0 Å². The molecule has 0 aromatic heterocycles. The van der Waals surface area contributed by atoms with Gasteiger partial charge in [-0.2, -0.15) is 0 Å². The van der Waals surface area contributed by atoms with Gasteiger partial charge < -0.3 is 19.0 Å². The number of carbonyl (C=O) groups is 1. The van der Waals surface area contributed by atoms with E-state index >= 15 is 0 Å². The summed E-state index contributed by atoms with van der Waals surface area (Å²) in [5, 5.41) is 4.15. The fourth-order valence-electron chi connectivity index (χ4n) is 3.32. The van der Waals surface area contributed by atoms with Crippen molar-refractivity contribution in [1.29, 1.82) is 0 Å². The van der Waals surface area contributed by atoms with Crippen molar-refractivity contribution in [3.8, 4) is 17.2 Å². The molecule has 1 aliphatic carbocycles. The molecule has 0 unspecified atom stereocenters. The van der Waals surface area contributed by atoms with Crippen molar-refractivity contribution >= 4 is 11.7 Å². The van der Waals surface area contributed by atoms with Gasteiger partial charge in [0.1, 0.15) is 5.75 Å². The molecule has 0 aliphatic heterocycles. The first-order valence-electron chi connectivity index (χ1n) is 8.76. The van der Waals surface area contributed by atoms with Crippen LogP contribution in [0.1, 0.15) is 39.9 Å². The van der Waals surface area contributed by atoms with Crippen molar-refractivity contribution in [2.45, 2.75) is 26.2 Å². The van der Waals surface area contributed by atoms with Crippen LogP contribution in [0.25, 0.3) is 0 Å². The predicted molar refractivity (Wildman–Crippen MR) is 102 cm³/mol. The van der Waals surface area contributed by atoms with E-state index in [1.807, 2.05) is 19.1 Å². The van der Waals surface area contributed by atoms with Crippen LogP contribution in [0, 0.1) is 6.92 Å². The molecule has 0 atom stereocenters. The van der Waals surface area contributed by atoms with Crippen molar-refractivity contribution < 1.29 is 23.8 Å². The van der Waals surface area contributed by atoms with Gasteiger partial charge in [0.25, 0.3) is 0 Å². The highest BCUT2D eigenvalue weighted by Crippen LogP contribution is 2.31. The molecule has 0 fully saturated rings. The molecule has 0 saturated carbocycles. The number of carbonyl (C=O) groups excluding carboxylic acids is 1. The predicted octanol–water partition coefficient (Wildman–Crippen LogP) is 3.92. The molecule has 0 N–H and O–H groups in total. The minimum absolute atomic E-state index is 0.346. The van der Waals surface area contributed by atoms with E-state index in [0.717, 1.165) is 41.9 Å². The monoisotopic (exact) mass is 369 g/mol. The van der Waals surface area contributed by atoms with E-state index in [-0.39, 0.29) is 0 Å². The molecule has 2 aromatic rings. The summed E-state index contributed by atoms with van der Waals surface area (Å²) in [6, 6.07) is 8.75. The number of nitrogens with zero attached hydrogens (tertiary/aromatic N) is 1. The Morgan fingerprint density at radius 1 is 0.926 bits per heavy atom. The van der Waals surface area contributed by atoms with Crippen molar-refractivity contribution in [3.05, 3.63) is 52.6 Å². The maximum absolute atomic E-state index is 12.4. The van der Waals surface area contributed by atoms with Gasteiger partial charge in [0.2, 0.25) is 0 Å². The molecule has 27 heavy (non-hydrogen) atoms. The number of benzene rings is 2. The number of ether oxygens (including phenoxy) is 3. The first kappa shape index (κ1) is 18.8. The molecule has 142 valence electrons. The molecule has 0 bridgehead atoms. The third-order valence-electron chi connectivity index (χ3n) is 4.78. The summed E-state index contributed by atoms with van der Waals surface area (Å²) in [7, 11) is 4.72. The SMILES string of the molecule is COc1ccc(C(=O)ON=C2CCCc3c2ccc(OC)c3C)cc1OC. The van der Waals surface area contributed by atoms with Gasteiger partial charge in [-0.05, 0) is 67.6 Å². The lowest BCUT2D eigenvalue weighted by Crippen LogP contribution is -2.15. The lowest BCUT2D eigenvalue weighted by Gasteiger charge is -2.21. The second-order valence-corrected chi connectivity index (χ2v) is 6.26. The highest BCUT2D eigenvalue weighted by molar-refractivity contribution is 6.03. The van der Waals surface area contributed by atoms with Crippen LogP contribution in [0.2, 0.25) is 0 Å². The third-order valence-corrected chi connectivity index (χ3v) is 4.78. The second kappa shape index (κ2) is 8.12. The van der Waals surface area contributed by atoms with E-state index in [1.165, 1.54) is 12.7 Å². The summed E-state index contributed by atoms with van der Waals surface area (Å²) in [6.07, 6.45) is 2.67. The van der Waals surface area contributed by atoms with Gasteiger partial charge in [-0.15, -0.1) is 0 Å². The summed E-state index contributed by atoms with van der Waals surface area (Å²) in [4.78, 5) is 17.6. The Morgan fingerprint density at radius 3 is 2.33 bits per heavy atom. The van der Waals surface area contributed by atoms with Gasteiger partial charge in [-0.3, -0.25) is 0 Å². The summed E-state index contributed by atoms with van der Waals surface area (Å²) in [6.45, 7) is 2.04. The average molecular weight is 369 g/mol. The molecule has 0 radical (unpaired) electrons. The minimum Gasteiger partial charge on any atom is -0.496 e. The minimum atomic E-state index is -0.541. The summed E-state index contributed by atoms with van der Waals surface area (Å²) in [5.74, 6) is 1.33. The van der Waals surface area contributed by atoms with Crippen molar-refractivity contribution in [2.75, 3.05) is 21.3 Å². The van der Waals surface area contributed by atoms with E-state index in [9.17, 15) is 4.79 Å². The van der Waals surface area contributed by atoms with Crippen LogP contribution < -0.4 is 14.2 Å². The van der Waals surface area contributed by atoms with E-state index in [0.29, 0.717) is 17.1 Å². The number of hydrogen-bond acceptors (Lipinski definition) is 6. The third kappa shape index (κ3) is 3.74. The molecule has 0 amide bonds. The zero-order chi connectivity index (χ0) is 19.4. The zero-order valence-electron chi connectivity index (χ0n) is 16.0. The Bertz CT molecular complexity index is 888. The molecule has 0 heterocycles. The molecule has 1 aliphatic rings. The van der Waals surface area contributed by atoms with E-state index in [1.54, 1.807) is 32.4 Å². The van der Waals surface area contributed by atoms with E-state index in [4.69, 9.17) is 19.0 Å². The Labute approximate surface area is 158 Å². The van der Waals surface area contributed by atoms with Crippen molar-refractivity contribution in [2.24, 2.45) is 5.16 Å². The van der Waals surface area contributed by atoms with Crippen LogP contribution >= 0.6 is 0 Å². The van der Waals surface area contributed by atoms with Gasteiger partial charge in [-0.1, -0.05) is 5.16 Å². The number of hydrogen-bond donors (Lipinski definition) is 0. The maximum Gasteiger partial charge on any atom is 0.365 e. The fraction of sp³-hybridized carbons (Fsp3) is 0.333.